The van der Waals surface area contributed by atoms with E-state index in [2.05, 4.69) is 448 Å². The van der Waals surface area contributed by atoms with Crippen molar-refractivity contribution >= 4 is 0 Å². The molecule has 0 saturated heterocycles. The van der Waals surface area contributed by atoms with Crippen LogP contribution in [0.15, 0.2) is 343 Å². The SMILES string of the molecule is CCCCCC[n+]1ccc(-c2c(-c3ccc[n+](C)c3-c3cc[n+](C)cc3)ccc[n+]2C)cc1.CCCCCC[n+]1ccc(-c2ccc(-c3ccc(-c4cc[n+](C)cc4)[n+](C)c3)c[n+]2C)cc1.CCCCCC[n+]1ccc(-c2ncccc2-c2cccnc2-c2cc[n+](C)cc2)cc1.C[n+]1ccc(-c2c(-c3ccc[n+](C)c3-c3cc[n+](C)cc3)ccc[n+]2C)cc1. The Hall–Kier alpha value is -13.6. The highest BCUT2D eigenvalue weighted by molar-refractivity contribution is 5.89. The van der Waals surface area contributed by atoms with E-state index in [1.54, 1.807) is 0 Å². The second-order valence-corrected chi connectivity index (χ2v) is 33.1. The van der Waals surface area contributed by atoms with Gasteiger partial charge in [0, 0.05) is 187 Å². The number of nitrogens with zero attached hydrogens (tertiary/aromatic N) is 16. The first-order valence-electron chi connectivity index (χ1n) is 44.6. The summed E-state index contributed by atoms with van der Waals surface area (Å²) in [7, 11) is 22.9. The second-order valence-electron chi connectivity index (χ2n) is 33.1. The third-order valence-corrected chi connectivity index (χ3v) is 23.4. The average molecular weight is 1660 g/mol. The summed E-state index contributed by atoms with van der Waals surface area (Å²) < 4.78 is 30.4. The maximum Gasteiger partial charge on any atom is 0.220 e. The summed E-state index contributed by atoms with van der Waals surface area (Å²) in [6, 6.07) is 69.4. The molecule has 0 saturated carbocycles. The maximum absolute atomic E-state index is 4.75. The summed E-state index contributed by atoms with van der Waals surface area (Å²) in [5.74, 6) is 0. The van der Waals surface area contributed by atoms with Gasteiger partial charge in [0.15, 0.2) is 136 Å². The van der Waals surface area contributed by atoms with Crippen molar-refractivity contribution in [2.75, 3.05) is 0 Å². The molecule has 125 heavy (non-hydrogen) atoms. The van der Waals surface area contributed by atoms with Gasteiger partial charge >= 0.3 is 0 Å². The molecule has 0 atom stereocenters. The number of hydrogen-bond donors (Lipinski definition) is 0. The van der Waals surface area contributed by atoms with E-state index < -0.39 is 0 Å². The summed E-state index contributed by atoms with van der Waals surface area (Å²) in [4.78, 5) is 9.46. The minimum atomic E-state index is 0.972. The molecule has 0 bridgehead atoms. The lowest BCUT2D eigenvalue weighted by atomic mass is 9.95. The molecule has 16 rings (SSSR count). The third kappa shape index (κ3) is 23.2. The molecule has 16 aromatic rings. The van der Waals surface area contributed by atoms with Crippen molar-refractivity contribution in [1.29, 1.82) is 0 Å². The van der Waals surface area contributed by atoms with Crippen LogP contribution in [0.4, 0.5) is 0 Å². The van der Waals surface area contributed by atoms with Crippen LogP contribution in [0.25, 0.3) is 135 Å². The minimum Gasteiger partial charge on any atom is -0.256 e. The second kappa shape index (κ2) is 43.9. The normalized spacial score (nSPS) is 11.0. The van der Waals surface area contributed by atoms with Gasteiger partial charge in [0.05, 0.1) is 78.1 Å². The van der Waals surface area contributed by atoms with Crippen LogP contribution in [0.2, 0.25) is 0 Å². The van der Waals surface area contributed by atoms with Gasteiger partial charge in [0.25, 0.3) is 0 Å². The molecule has 0 aliphatic heterocycles. The average Bonchev–Trinajstić information content (AvgIpc) is 0.761. The van der Waals surface area contributed by atoms with Crippen LogP contribution in [0.5, 0.6) is 0 Å². The third-order valence-electron chi connectivity index (χ3n) is 23.4. The molecular weight excluding hydrogens is 1530 g/mol. The summed E-state index contributed by atoms with van der Waals surface area (Å²) in [6.45, 7) is 10.0. The Labute approximate surface area is 741 Å². The monoisotopic (exact) mass is 1660 g/mol. The molecule has 630 valence electrons. The van der Waals surface area contributed by atoms with E-state index in [0.29, 0.717) is 0 Å². The number of rotatable bonds is 27. The highest BCUT2D eigenvalue weighted by Crippen LogP contribution is 2.38. The van der Waals surface area contributed by atoms with Gasteiger partial charge in [0.1, 0.15) is 97.2 Å². The Morgan fingerprint density at radius 3 is 0.712 bits per heavy atom. The van der Waals surface area contributed by atoms with E-state index in [-0.39, 0.29) is 0 Å². The van der Waals surface area contributed by atoms with Gasteiger partial charge in [-0.15, -0.1) is 0 Å². The van der Waals surface area contributed by atoms with E-state index in [1.807, 2.05) is 57.3 Å². The Morgan fingerprint density at radius 1 is 0.200 bits per heavy atom. The van der Waals surface area contributed by atoms with Crippen molar-refractivity contribution < 1.29 is 63.9 Å². The lowest BCUT2D eigenvalue weighted by Crippen LogP contribution is -2.35. The molecule has 0 N–H and O–H groups in total. The molecule has 16 aromatic heterocycles. The van der Waals surface area contributed by atoms with Gasteiger partial charge in [-0.25, -0.2) is 63.9 Å². The van der Waals surface area contributed by atoms with Crippen LogP contribution in [-0.2, 0) is 97.2 Å². The molecule has 0 spiro atoms. The largest absolute Gasteiger partial charge is 0.256 e. The molecule has 0 aromatic carbocycles. The predicted octanol–water partition coefficient (Wildman–Crippen LogP) is 15.2. The Balaban J connectivity index is 0.000000143. The Morgan fingerprint density at radius 2 is 0.440 bits per heavy atom. The van der Waals surface area contributed by atoms with Crippen molar-refractivity contribution in [2.24, 2.45) is 77.5 Å². The van der Waals surface area contributed by atoms with Crippen molar-refractivity contribution in [1.82, 2.24) is 9.97 Å². The van der Waals surface area contributed by atoms with Gasteiger partial charge in [-0.05, 0) is 67.8 Å². The number of aromatic nitrogens is 16. The molecule has 16 nitrogen and oxygen atoms in total. The summed E-state index contributed by atoms with van der Waals surface area (Å²) >= 11 is 0. The first kappa shape index (κ1) is 89.2. The Bertz CT molecular complexity index is 6100. The lowest BCUT2D eigenvalue weighted by Gasteiger charge is -2.12. The minimum absolute atomic E-state index is 0.972. The number of pyridine rings is 16. The van der Waals surface area contributed by atoms with E-state index in [9.17, 15) is 0 Å². The van der Waals surface area contributed by atoms with Gasteiger partial charge in [-0.2, -0.15) is 0 Å². The van der Waals surface area contributed by atoms with Crippen molar-refractivity contribution in [3.05, 3.63) is 343 Å². The lowest BCUT2D eigenvalue weighted by molar-refractivity contribution is -0.697. The smallest absolute Gasteiger partial charge is 0.220 e. The molecule has 16 heterocycles. The van der Waals surface area contributed by atoms with Crippen LogP contribution in [0.1, 0.15) is 97.8 Å². The van der Waals surface area contributed by atoms with Crippen LogP contribution < -0.4 is 63.9 Å². The van der Waals surface area contributed by atoms with Gasteiger partial charge in [-0.3, -0.25) is 9.97 Å². The molecular formula is C109H128N16+14. The predicted molar refractivity (Wildman–Crippen MR) is 493 cm³/mol. The zero-order chi connectivity index (χ0) is 87.6. The molecule has 16 heteroatoms. The van der Waals surface area contributed by atoms with E-state index in [0.717, 1.165) is 53.3 Å². The molecule has 0 amide bonds. The highest BCUT2D eigenvalue weighted by atomic mass is 15.0. The van der Waals surface area contributed by atoms with Crippen molar-refractivity contribution in [3.63, 3.8) is 0 Å². The molecule has 0 aliphatic rings. The highest BCUT2D eigenvalue weighted by Gasteiger charge is 2.29. The van der Waals surface area contributed by atoms with Crippen LogP contribution in [0, 0.1) is 0 Å². The summed E-state index contributed by atoms with van der Waals surface area (Å²) in [5.41, 5.74) is 28.3. The first-order chi connectivity index (χ1) is 60.9. The van der Waals surface area contributed by atoms with Crippen LogP contribution >= 0.6 is 0 Å². The first-order valence-corrected chi connectivity index (χ1v) is 44.6. The molecule has 0 unspecified atom stereocenters. The number of hydrogen-bond acceptors (Lipinski definition) is 2. The molecule has 0 aliphatic carbocycles. The zero-order valence-corrected chi connectivity index (χ0v) is 76.1. The maximum atomic E-state index is 4.75. The topological polar surface area (TPSA) is 80.1 Å². The number of aryl methyl sites for hydroxylation is 14. The van der Waals surface area contributed by atoms with Crippen LogP contribution in [0.3, 0.4) is 0 Å². The van der Waals surface area contributed by atoms with Gasteiger partial charge in [-0.1, -0.05) is 71.4 Å². The molecule has 0 fully saturated rings. The van der Waals surface area contributed by atoms with E-state index >= 15 is 0 Å². The van der Waals surface area contributed by atoms with Crippen molar-refractivity contribution in [2.45, 2.75) is 117 Å². The van der Waals surface area contributed by atoms with Crippen molar-refractivity contribution in [3.8, 4) is 135 Å². The zero-order valence-electron chi connectivity index (χ0n) is 76.1. The summed E-state index contributed by atoms with van der Waals surface area (Å²) in [5, 5.41) is 0. The van der Waals surface area contributed by atoms with Gasteiger partial charge in [0.2, 0.25) is 34.2 Å². The quantitative estimate of drug-likeness (QED) is 0.0380. The molecule has 0 radical (unpaired) electrons. The van der Waals surface area contributed by atoms with Crippen LogP contribution in [-0.4, -0.2) is 9.97 Å². The standard InChI is InChI=1S/2C29H36N4.C27H30N4.C24H26N4/c1-5-6-7-8-19-33-22-15-25(16-23-33)29-27(12-10-18-32(29)4)26-11-9-17-31(3)28(26)24-13-20-30(2)21-14-24;1-5-6-7-8-17-33-20-15-25(16-21-33)29-12-10-27(23-32(29)4)26-9-11-28(31(3)22-26)24-13-18-30(2)19-14-24;1-3-4-5-6-17-31-20-13-23(14-21-31)27-25(10-8-16-29-27)24-9-7-15-28-26(24)22-11-18-30(2)19-12-22;1-25-15-9-19(10-16-25)23-21(7-5-13-27(23)3)22-8-6-14-28(4)24(22)20-11-17-26(2)18-12-20/h9-18,20-23H,5-8,19H2,1-4H3;9-16,18-23H,5-8,17H2,1-4H3;7-16,18-21H,3-6,17H2,1-2H3;5-18H,1-4H3/q2*+4;+2;+4. The fourth-order valence-corrected chi connectivity index (χ4v) is 16.4. The van der Waals surface area contributed by atoms with E-state index in [1.165, 1.54) is 178 Å². The Kier molecular flexibility index (Phi) is 31.3. The summed E-state index contributed by atoms with van der Waals surface area (Å²) in [6.07, 6.45) is 66.0. The fraction of sp³-hybridized carbons (Fsp3) is 0.266. The fourth-order valence-electron chi connectivity index (χ4n) is 16.4. The van der Waals surface area contributed by atoms with Gasteiger partial charge < -0.3 is 0 Å². The number of unbranched alkanes of at least 4 members (excludes halogenated alkanes) is 9. The van der Waals surface area contributed by atoms with E-state index in [4.69, 9.17) is 9.97 Å².